The van der Waals surface area contributed by atoms with Crippen LogP contribution in [-0.2, 0) is 0 Å². The zero-order chi connectivity index (χ0) is 6.97. The van der Waals surface area contributed by atoms with Crippen LogP contribution in [0.4, 0.5) is 0 Å². The Bertz CT molecular complexity index is 269. The van der Waals surface area contributed by atoms with E-state index >= 15 is 0 Å². The van der Waals surface area contributed by atoms with E-state index < -0.39 is 0 Å². The number of nitrogens with zero attached hydrogens (tertiary/aromatic N) is 2. The van der Waals surface area contributed by atoms with Crippen LogP contribution >= 0.6 is 0 Å². The van der Waals surface area contributed by atoms with Crippen LogP contribution in [0, 0.1) is 0 Å². The molecule has 0 N–H and O–H groups in total. The van der Waals surface area contributed by atoms with Gasteiger partial charge in [0.05, 0.1) is 5.70 Å². The zero-order valence-corrected chi connectivity index (χ0v) is 5.78. The fraction of sp³-hybridized carbons (Fsp3) is 0.250. The maximum atomic E-state index is 4.33. The predicted octanol–water partition coefficient (Wildman–Crippen LogP) is 1.35. The highest BCUT2D eigenvalue weighted by molar-refractivity contribution is 5.97. The number of aliphatic imine (C=N–C) groups is 2. The summed E-state index contributed by atoms with van der Waals surface area (Å²) >= 11 is 0. The van der Waals surface area contributed by atoms with E-state index in [0.717, 1.165) is 11.4 Å². The van der Waals surface area contributed by atoms with Crippen LogP contribution in [0.15, 0.2) is 33.9 Å². The molecule has 0 aliphatic carbocycles. The Morgan fingerprint density at radius 1 is 1.50 bits per heavy atom. The summed E-state index contributed by atoms with van der Waals surface area (Å²) in [6, 6.07) is 0.213. The van der Waals surface area contributed by atoms with Gasteiger partial charge < -0.3 is 0 Å². The average molecular weight is 132 g/mol. The molecule has 2 aliphatic rings. The SMILES string of the molecule is CC1=NC2C=CC=NC2=C1. The van der Waals surface area contributed by atoms with E-state index in [9.17, 15) is 0 Å². The van der Waals surface area contributed by atoms with E-state index in [-0.39, 0.29) is 6.04 Å². The molecule has 2 nitrogen and oxygen atoms in total. The normalized spacial score (nSPS) is 27.9. The number of hydrogen-bond donors (Lipinski definition) is 0. The molecule has 0 radical (unpaired) electrons. The van der Waals surface area contributed by atoms with Gasteiger partial charge in [-0.2, -0.15) is 0 Å². The summed E-state index contributed by atoms with van der Waals surface area (Å²) < 4.78 is 0. The first kappa shape index (κ1) is 5.59. The molecule has 0 amide bonds. The summed E-state index contributed by atoms with van der Waals surface area (Å²) in [5.41, 5.74) is 2.14. The summed E-state index contributed by atoms with van der Waals surface area (Å²) in [5, 5.41) is 0. The molecule has 2 heterocycles. The first-order valence-electron chi connectivity index (χ1n) is 3.33. The Labute approximate surface area is 59.7 Å². The minimum Gasteiger partial charge on any atom is -0.276 e. The van der Waals surface area contributed by atoms with Gasteiger partial charge in [0.25, 0.3) is 0 Å². The van der Waals surface area contributed by atoms with Crippen LogP contribution in [0.2, 0.25) is 0 Å². The summed E-state index contributed by atoms with van der Waals surface area (Å²) in [6.07, 6.45) is 7.81. The number of rotatable bonds is 0. The molecular formula is C8H8N2. The standard InChI is InChI=1S/C8H8N2/c1-6-5-8-7(10-6)3-2-4-9-8/h2-5,7H,1H3. The second kappa shape index (κ2) is 1.90. The molecular weight excluding hydrogens is 124 g/mol. The lowest BCUT2D eigenvalue weighted by molar-refractivity contribution is 0.953. The molecule has 0 saturated carbocycles. The summed E-state index contributed by atoms with van der Waals surface area (Å²) in [6.45, 7) is 1.99. The van der Waals surface area contributed by atoms with Crippen LogP contribution in [0.25, 0.3) is 0 Å². The average Bonchev–Trinajstić information content (AvgIpc) is 2.27. The minimum atomic E-state index is 0.213. The van der Waals surface area contributed by atoms with E-state index in [1.165, 1.54) is 0 Å². The smallest absolute Gasteiger partial charge is 0.111 e. The van der Waals surface area contributed by atoms with Gasteiger partial charge in [-0.15, -0.1) is 0 Å². The monoisotopic (exact) mass is 132 g/mol. The quantitative estimate of drug-likeness (QED) is 0.475. The summed E-state index contributed by atoms with van der Waals surface area (Å²) in [7, 11) is 0. The lowest BCUT2D eigenvalue weighted by Crippen LogP contribution is -2.02. The zero-order valence-electron chi connectivity index (χ0n) is 5.78. The largest absolute Gasteiger partial charge is 0.276 e. The molecule has 2 aliphatic heterocycles. The molecule has 0 aromatic rings. The third kappa shape index (κ3) is 0.727. The fourth-order valence-corrected chi connectivity index (χ4v) is 1.16. The molecule has 1 atom stereocenters. The number of fused-ring (bicyclic) bond motifs is 1. The Morgan fingerprint density at radius 3 is 3.20 bits per heavy atom. The highest BCUT2D eigenvalue weighted by atomic mass is 14.9. The van der Waals surface area contributed by atoms with Crippen molar-refractivity contribution in [1.82, 2.24) is 0 Å². The molecule has 10 heavy (non-hydrogen) atoms. The Morgan fingerprint density at radius 2 is 2.40 bits per heavy atom. The molecule has 0 aromatic carbocycles. The van der Waals surface area contributed by atoms with Gasteiger partial charge in [-0.1, -0.05) is 6.08 Å². The fourth-order valence-electron chi connectivity index (χ4n) is 1.16. The Kier molecular flexibility index (Phi) is 1.07. The summed E-state index contributed by atoms with van der Waals surface area (Å²) in [4.78, 5) is 8.51. The first-order chi connectivity index (χ1) is 4.86. The third-order valence-corrected chi connectivity index (χ3v) is 1.61. The highest BCUT2D eigenvalue weighted by Crippen LogP contribution is 2.18. The minimum absolute atomic E-state index is 0.213. The van der Waals surface area contributed by atoms with Crippen molar-refractivity contribution < 1.29 is 0 Å². The van der Waals surface area contributed by atoms with E-state index in [1.807, 2.05) is 19.1 Å². The van der Waals surface area contributed by atoms with Gasteiger partial charge in [0.2, 0.25) is 0 Å². The maximum absolute atomic E-state index is 4.33. The second-order valence-electron chi connectivity index (χ2n) is 2.45. The molecule has 1 unspecified atom stereocenters. The summed E-state index contributed by atoms with van der Waals surface area (Å²) in [5.74, 6) is 0. The third-order valence-electron chi connectivity index (χ3n) is 1.61. The van der Waals surface area contributed by atoms with Crippen LogP contribution in [0.1, 0.15) is 6.92 Å². The Hall–Kier alpha value is -1.18. The van der Waals surface area contributed by atoms with Crippen molar-refractivity contribution in [2.45, 2.75) is 13.0 Å². The molecule has 0 spiro atoms. The highest BCUT2D eigenvalue weighted by Gasteiger charge is 2.15. The van der Waals surface area contributed by atoms with Crippen molar-refractivity contribution in [3.8, 4) is 0 Å². The molecule has 2 heteroatoms. The lowest BCUT2D eigenvalue weighted by atomic mass is 10.2. The van der Waals surface area contributed by atoms with Crippen LogP contribution < -0.4 is 0 Å². The first-order valence-corrected chi connectivity index (χ1v) is 3.33. The molecule has 0 bridgehead atoms. The van der Waals surface area contributed by atoms with Crippen molar-refractivity contribution in [3.63, 3.8) is 0 Å². The van der Waals surface area contributed by atoms with E-state index in [4.69, 9.17) is 0 Å². The maximum Gasteiger partial charge on any atom is 0.111 e. The van der Waals surface area contributed by atoms with Crippen molar-refractivity contribution >= 4 is 11.9 Å². The van der Waals surface area contributed by atoms with Gasteiger partial charge in [-0.25, -0.2) is 0 Å². The second-order valence-corrected chi connectivity index (χ2v) is 2.45. The van der Waals surface area contributed by atoms with Gasteiger partial charge in [0.1, 0.15) is 6.04 Å². The predicted molar refractivity (Wildman–Crippen MR) is 42.6 cm³/mol. The van der Waals surface area contributed by atoms with Gasteiger partial charge in [0.15, 0.2) is 0 Å². The molecule has 2 rings (SSSR count). The van der Waals surface area contributed by atoms with E-state index in [1.54, 1.807) is 6.21 Å². The molecule has 0 fully saturated rings. The lowest BCUT2D eigenvalue weighted by Gasteiger charge is -2.04. The van der Waals surface area contributed by atoms with Crippen LogP contribution in [-0.4, -0.2) is 18.0 Å². The van der Waals surface area contributed by atoms with Crippen molar-refractivity contribution in [2.24, 2.45) is 9.98 Å². The van der Waals surface area contributed by atoms with E-state index in [0.29, 0.717) is 0 Å². The van der Waals surface area contributed by atoms with Crippen molar-refractivity contribution in [2.75, 3.05) is 0 Å². The van der Waals surface area contributed by atoms with Crippen molar-refractivity contribution in [3.05, 3.63) is 23.9 Å². The van der Waals surface area contributed by atoms with Gasteiger partial charge in [-0.05, 0) is 19.1 Å². The van der Waals surface area contributed by atoms with E-state index in [2.05, 4.69) is 16.1 Å². The van der Waals surface area contributed by atoms with Gasteiger partial charge >= 0.3 is 0 Å². The Balaban J connectivity index is 2.40. The number of allylic oxidation sites excluding steroid dienone is 2. The molecule has 0 saturated heterocycles. The van der Waals surface area contributed by atoms with Crippen LogP contribution in [0.5, 0.6) is 0 Å². The van der Waals surface area contributed by atoms with Gasteiger partial charge in [-0.3, -0.25) is 9.98 Å². The van der Waals surface area contributed by atoms with Crippen molar-refractivity contribution in [1.29, 1.82) is 0 Å². The number of hydrogen-bond acceptors (Lipinski definition) is 2. The van der Waals surface area contributed by atoms with Crippen LogP contribution in [0.3, 0.4) is 0 Å². The molecule has 50 valence electrons. The van der Waals surface area contributed by atoms with Gasteiger partial charge in [0, 0.05) is 11.9 Å². The molecule has 0 aromatic heterocycles. The number of dihydropyridines is 1. The topological polar surface area (TPSA) is 24.7 Å².